The van der Waals surface area contributed by atoms with Gasteiger partial charge in [0.25, 0.3) is 0 Å². The lowest BCUT2D eigenvalue weighted by Gasteiger charge is -2.07. The van der Waals surface area contributed by atoms with Crippen LogP contribution >= 0.6 is 0 Å². The first-order valence-corrected chi connectivity index (χ1v) is 5.44. The third-order valence-electron chi connectivity index (χ3n) is 2.94. The Morgan fingerprint density at radius 3 is 2.56 bits per heavy atom. The number of nitrogens with two attached hydrogens (primary N) is 1. The summed E-state index contributed by atoms with van der Waals surface area (Å²) in [6.45, 7) is 0. The summed E-state index contributed by atoms with van der Waals surface area (Å²) in [6, 6.07) is 1.97. The van der Waals surface area contributed by atoms with E-state index in [1.54, 1.807) is 0 Å². The zero-order chi connectivity index (χ0) is 12.9. The second-order valence-corrected chi connectivity index (χ2v) is 4.24. The van der Waals surface area contributed by atoms with Gasteiger partial charge in [0.2, 0.25) is 0 Å². The van der Waals surface area contributed by atoms with E-state index in [9.17, 15) is 13.2 Å². The normalized spacial score (nSPS) is 15.1. The van der Waals surface area contributed by atoms with Gasteiger partial charge in [0.05, 0.1) is 5.69 Å². The second kappa shape index (κ2) is 3.72. The predicted octanol–water partition coefficient (Wildman–Crippen LogP) is 2.14. The summed E-state index contributed by atoms with van der Waals surface area (Å²) in [7, 11) is 0. The lowest BCUT2D eigenvalue weighted by molar-refractivity contribution is 0.442. The smallest absolute Gasteiger partial charge is 0.196 e. The fourth-order valence-electron chi connectivity index (χ4n) is 1.90. The first-order chi connectivity index (χ1) is 8.59. The van der Waals surface area contributed by atoms with Crippen LogP contribution in [0.2, 0.25) is 0 Å². The lowest BCUT2D eigenvalue weighted by Crippen LogP contribution is -2.07. The van der Waals surface area contributed by atoms with Gasteiger partial charge in [-0.15, -0.1) is 5.10 Å². The molecule has 0 radical (unpaired) electrons. The summed E-state index contributed by atoms with van der Waals surface area (Å²) in [5, 5.41) is 7.35. The summed E-state index contributed by atoms with van der Waals surface area (Å²) in [6.07, 6.45) is 1.81. The van der Waals surface area contributed by atoms with Gasteiger partial charge in [0, 0.05) is 5.92 Å². The Balaban J connectivity index is 2.18. The van der Waals surface area contributed by atoms with Crippen LogP contribution in [0.5, 0.6) is 0 Å². The highest BCUT2D eigenvalue weighted by Gasteiger charge is 2.32. The number of aromatic nitrogens is 3. The molecular formula is C11H9F3N4. The van der Waals surface area contributed by atoms with Crippen molar-refractivity contribution < 1.29 is 13.2 Å². The number of nitrogens with zero attached hydrogens (tertiary/aromatic N) is 3. The zero-order valence-corrected chi connectivity index (χ0v) is 9.20. The molecule has 0 amide bonds. The van der Waals surface area contributed by atoms with Crippen molar-refractivity contribution in [3.63, 3.8) is 0 Å². The molecule has 0 saturated heterocycles. The molecule has 0 unspecified atom stereocenters. The van der Waals surface area contributed by atoms with Crippen molar-refractivity contribution in [1.82, 2.24) is 15.0 Å². The van der Waals surface area contributed by atoms with Gasteiger partial charge in [0.1, 0.15) is 5.69 Å². The molecule has 1 heterocycles. The molecule has 2 N–H and O–H groups in total. The molecule has 1 aliphatic carbocycles. The molecule has 4 nitrogen and oxygen atoms in total. The van der Waals surface area contributed by atoms with E-state index in [1.807, 2.05) is 0 Å². The van der Waals surface area contributed by atoms with E-state index < -0.39 is 17.5 Å². The summed E-state index contributed by atoms with van der Waals surface area (Å²) in [4.78, 5) is 0. The quantitative estimate of drug-likeness (QED) is 0.835. The van der Waals surface area contributed by atoms with Gasteiger partial charge in [-0.1, -0.05) is 5.21 Å². The first-order valence-electron chi connectivity index (χ1n) is 5.44. The van der Waals surface area contributed by atoms with Crippen LogP contribution in [0.15, 0.2) is 12.1 Å². The van der Waals surface area contributed by atoms with Crippen molar-refractivity contribution in [2.75, 3.05) is 5.73 Å². The van der Waals surface area contributed by atoms with Crippen LogP contribution in [0, 0.1) is 17.5 Å². The van der Waals surface area contributed by atoms with Crippen molar-refractivity contribution >= 4 is 5.82 Å². The van der Waals surface area contributed by atoms with Crippen LogP contribution in [-0.4, -0.2) is 15.0 Å². The SMILES string of the molecule is Nc1nnn(-c2ccc(F)c(F)c2F)c1C1CC1. The fraction of sp³-hybridized carbons (Fsp3) is 0.273. The molecule has 1 fully saturated rings. The van der Waals surface area contributed by atoms with Crippen LogP contribution in [0.3, 0.4) is 0 Å². The number of halogens is 3. The highest BCUT2D eigenvalue weighted by molar-refractivity contribution is 5.45. The number of benzene rings is 1. The zero-order valence-electron chi connectivity index (χ0n) is 9.20. The van der Waals surface area contributed by atoms with Crippen molar-refractivity contribution in [3.8, 4) is 5.69 Å². The van der Waals surface area contributed by atoms with E-state index in [-0.39, 0.29) is 17.4 Å². The van der Waals surface area contributed by atoms with Gasteiger partial charge in [-0.25, -0.2) is 17.9 Å². The molecule has 0 atom stereocenters. The minimum absolute atomic E-state index is 0.160. The average molecular weight is 254 g/mol. The van der Waals surface area contributed by atoms with E-state index >= 15 is 0 Å². The highest BCUT2D eigenvalue weighted by atomic mass is 19.2. The summed E-state index contributed by atoms with van der Waals surface area (Å²) < 4.78 is 40.9. The predicted molar refractivity (Wildman–Crippen MR) is 57.6 cm³/mol. The van der Waals surface area contributed by atoms with Gasteiger partial charge < -0.3 is 5.73 Å². The Morgan fingerprint density at radius 2 is 1.89 bits per heavy atom. The lowest BCUT2D eigenvalue weighted by atomic mass is 10.2. The number of nitrogen functional groups attached to an aromatic ring is 1. The maximum atomic E-state index is 13.7. The largest absolute Gasteiger partial charge is 0.381 e. The molecule has 2 aromatic rings. The highest BCUT2D eigenvalue weighted by Crippen LogP contribution is 2.42. The molecular weight excluding hydrogens is 245 g/mol. The molecule has 94 valence electrons. The Labute approximate surface area is 100 Å². The number of hydrogen-bond donors (Lipinski definition) is 1. The van der Waals surface area contributed by atoms with Crippen LogP contribution in [-0.2, 0) is 0 Å². The van der Waals surface area contributed by atoms with Crippen molar-refractivity contribution in [2.45, 2.75) is 18.8 Å². The Morgan fingerprint density at radius 1 is 1.17 bits per heavy atom. The molecule has 1 aliphatic rings. The Kier molecular flexibility index (Phi) is 2.29. The van der Waals surface area contributed by atoms with E-state index in [1.165, 1.54) is 0 Å². The fourth-order valence-corrected chi connectivity index (χ4v) is 1.90. The molecule has 7 heteroatoms. The van der Waals surface area contributed by atoms with Crippen LogP contribution in [0.25, 0.3) is 5.69 Å². The maximum absolute atomic E-state index is 13.7. The standard InChI is InChI=1S/C11H9F3N4/c12-6-3-4-7(9(14)8(6)13)18-10(5-1-2-5)11(15)16-17-18/h3-5H,1-2,15H2. The minimum Gasteiger partial charge on any atom is -0.381 e. The molecule has 18 heavy (non-hydrogen) atoms. The molecule has 3 rings (SSSR count). The third kappa shape index (κ3) is 1.54. The number of hydrogen-bond acceptors (Lipinski definition) is 3. The minimum atomic E-state index is -1.52. The van der Waals surface area contributed by atoms with Gasteiger partial charge in [-0.3, -0.25) is 0 Å². The van der Waals surface area contributed by atoms with Gasteiger partial charge >= 0.3 is 0 Å². The Hall–Kier alpha value is -2.05. The molecule has 1 saturated carbocycles. The van der Waals surface area contributed by atoms with Gasteiger partial charge in [0.15, 0.2) is 23.3 Å². The van der Waals surface area contributed by atoms with Crippen molar-refractivity contribution in [3.05, 3.63) is 35.3 Å². The van der Waals surface area contributed by atoms with Crippen molar-refractivity contribution in [1.29, 1.82) is 0 Å². The molecule has 1 aromatic heterocycles. The Bertz CT molecular complexity index is 619. The topological polar surface area (TPSA) is 56.7 Å². The van der Waals surface area contributed by atoms with Crippen LogP contribution < -0.4 is 5.73 Å². The summed E-state index contributed by atoms with van der Waals surface area (Å²) >= 11 is 0. The number of anilines is 1. The van der Waals surface area contributed by atoms with E-state index in [0.29, 0.717) is 5.69 Å². The molecule has 0 spiro atoms. The van der Waals surface area contributed by atoms with Crippen LogP contribution in [0.1, 0.15) is 24.5 Å². The molecule has 0 aliphatic heterocycles. The molecule has 1 aromatic carbocycles. The van der Waals surface area contributed by atoms with Gasteiger partial charge in [-0.2, -0.15) is 0 Å². The van der Waals surface area contributed by atoms with Crippen LogP contribution in [0.4, 0.5) is 19.0 Å². The van der Waals surface area contributed by atoms with E-state index in [2.05, 4.69) is 10.3 Å². The first kappa shape index (κ1) is 11.1. The van der Waals surface area contributed by atoms with Gasteiger partial charge in [-0.05, 0) is 25.0 Å². The third-order valence-corrected chi connectivity index (χ3v) is 2.94. The molecule has 0 bridgehead atoms. The van der Waals surface area contributed by atoms with E-state index in [4.69, 9.17) is 5.73 Å². The summed E-state index contributed by atoms with van der Waals surface area (Å²) in [5.41, 5.74) is 6.03. The maximum Gasteiger partial charge on any atom is 0.196 e. The second-order valence-electron chi connectivity index (χ2n) is 4.24. The van der Waals surface area contributed by atoms with E-state index in [0.717, 1.165) is 29.7 Å². The number of rotatable bonds is 2. The van der Waals surface area contributed by atoms with Crippen molar-refractivity contribution in [2.24, 2.45) is 0 Å². The average Bonchev–Trinajstić information content (AvgIpc) is 3.11. The summed E-state index contributed by atoms with van der Waals surface area (Å²) in [5.74, 6) is -3.70. The monoisotopic (exact) mass is 254 g/mol.